The van der Waals surface area contributed by atoms with Gasteiger partial charge in [-0.3, -0.25) is 0 Å². The first-order chi connectivity index (χ1) is 8.18. The van der Waals surface area contributed by atoms with Crippen molar-refractivity contribution >= 4 is 0 Å². The quantitative estimate of drug-likeness (QED) is 0.831. The van der Waals surface area contributed by atoms with Crippen molar-refractivity contribution in [2.24, 2.45) is 11.8 Å². The normalized spacial score (nSPS) is 26.4. The molecule has 1 N–H and O–H groups in total. The van der Waals surface area contributed by atoms with E-state index in [9.17, 15) is 0 Å². The molecule has 1 aliphatic heterocycles. The molecule has 94 valence electrons. The molecular weight excluding hydrogens is 206 g/mol. The number of hydrogen-bond acceptors (Lipinski definition) is 1. The topological polar surface area (TPSA) is 12.0 Å². The number of hydrogen-bond donors (Lipinski definition) is 1. The van der Waals surface area contributed by atoms with Gasteiger partial charge in [0.15, 0.2) is 0 Å². The summed E-state index contributed by atoms with van der Waals surface area (Å²) in [6, 6.07) is 11.7. The standard InChI is InChI=1S/C16H25N/c1-12(2)11-13(3)16-15(9-10-17-16)14-7-5-4-6-8-14/h4-8,12-13,15-17H,9-11H2,1-3H3. The van der Waals surface area contributed by atoms with E-state index >= 15 is 0 Å². The Morgan fingerprint density at radius 3 is 2.53 bits per heavy atom. The zero-order valence-electron chi connectivity index (χ0n) is 11.3. The number of nitrogens with one attached hydrogen (secondary N) is 1. The SMILES string of the molecule is CC(C)CC(C)C1NCCC1c1ccccc1. The maximum atomic E-state index is 3.71. The van der Waals surface area contributed by atoms with Crippen LogP contribution in [-0.2, 0) is 0 Å². The highest BCUT2D eigenvalue weighted by atomic mass is 15.0. The van der Waals surface area contributed by atoms with Gasteiger partial charge < -0.3 is 5.32 Å². The van der Waals surface area contributed by atoms with E-state index in [1.54, 1.807) is 0 Å². The van der Waals surface area contributed by atoms with Crippen molar-refractivity contribution < 1.29 is 0 Å². The molecule has 1 aromatic carbocycles. The minimum atomic E-state index is 0.666. The highest BCUT2D eigenvalue weighted by molar-refractivity contribution is 5.23. The van der Waals surface area contributed by atoms with Crippen LogP contribution in [0.5, 0.6) is 0 Å². The summed E-state index contributed by atoms with van der Waals surface area (Å²) in [7, 11) is 0. The minimum absolute atomic E-state index is 0.666. The molecule has 0 aromatic heterocycles. The lowest BCUT2D eigenvalue weighted by Crippen LogP contribution is -2.33. The van der Waals surface area contributed by atoms with Gasteiger partial charge in [0.05, 0.1) is 0 Å². The Hall–Kier alpha value is -0.820. The van der Waals surface area contributed by atoms with Gasteiger partial charge in [-0.25, -0.2) is 0 Å². The first-order valence-corrected chi connectivity index (χ1v) is 6.97. The fraction of sp³-hybridized carbons (Fsp3) is 0.625. The molecule has 2 rings (SSSR count). The molecule has 3 unspecified atom stereocenters. The Morgan fingerprint density at radius 1 is 1.18 bits per heavy atom. The largest absolute Gasteiger partial charge is 0.313 e. The molecule has 17 heavy (non-hydrogen) atoms. The molecule has 1 fully saturated rings. The lowest BCUT2D eigenvalue weighted by atomic mass is 9.82. The molecule has 0 amide bonds. The van der Waals surface area contributed by atoms with Gasteiger partial charge in [0, 0.05) is 12.0 Å². The van der Waals surface area contributed by atoms with Crippen LogP contribution >= 0.6 is 0 Å². The summed E-state index contributed by atoms with van der Waals surface area (Å²) in [5.74, 6) is 2.27. The van der Waals surface area contributed by atoms with Crippen LogP contribution in [0.1, 0.15) is 45.1 Å². The van der Waals surface area contributed by atoms with Gasteiger partial charge in [-0.05, 0) is 36.8 Å². The second-order valence-corrected chi connectivity index (χ2v) is 5.89. The third kappa shape index (κ3) is 3.10. The second-order valence-electron chi connectivity index (χ2n) is 5.89. The van der Waals surface area contributed by atoms with Crippen LogP contribution < -0.4 is 5.32 Å². The Kier molecular flexibility index (Phi) is 4.22. The van der Waals surface area contributed by atoms with Gasteiger partial charge in [-0.15, -0.1) is 0 Å². The maximum Gasteiger partial charge on any atom is 0.0162 e. The summed E-state index contributed by atoms with van der Waals surface area (Å²) in [5, 5.41) is 3.71. The molecule has 0 radical (unpaired) electrons. The van der Waals surface area contributed by atoms with Crippen molar-refractivity contribution in [3.05, 3.63) is 35.9 Å². The zero-order chi connectivity index (χ0) is 12.3. The lowest BCUT2D eigenvalue weighted by Gasteiger charge is -2.27. The van der Waals surface area contributed by atoms with E-state index in [1.807, 2.05) is 0 Å². The van der Waals surface area contributed by atoms with Gasteiger partial charge in [0.25, 0.3) is 0 Å². The van der Waals surface area contributed by atoms with Gasteiger partial charge in [-0.1, -0.05) is 51.1 Å². The van der Waals surface area contributed by atoms with E-state index < -0.39 is 0 Å². The minimum Gasteiger partial charge on any atom is -0.313 e. The Bertz CT molecular complexity index is 331. The van der Waals surface area contributed by atoms with Crippen LogP contribution in [0.25, 0.3) is 0 Å². The molecule has 1 heteroatoms. The van der Waals surface area contributed by atoms with E-state index in [4.69, 9.17) is 0 Å². The van der Waals surface area contributed by atoms with Crippen LogP contribution in [0.15, 0.2) is 30.3 Å². The Balaban J connectivity index is 2.07. The van der Waals surface area contributed by atoms with E-state index in [0.29, 0.717) is 12.0 Å². The smallest absolute Gasteiger partial charge is 0.0162 e. The van der Waals surface area contributed by atoms with Crippen molar-refractivity contribution in [2.45, 2.75) is 45.6 Å². The molecule has 0 spiro atoms. The molecule has 0 bridgehead atoms. The van der Waals surface area contributed by atoms with Crippen LogP contribution in [0.2, 0.25) is 0 Å². The average molecular weight is 231 g/mol. The molecular formula is C16H25N. The molecule has 1 aromatic rings. The zero-order valence-corrected chi connectivity index (χ0v) is 11.3. The average Bonchev–Trinajstić information content (AvgIpc) is 2.78. The highest BCUT2D eigenvalue weighted by Crippen LogP contribution is 2.33. The summed E-state index contributed by atoms with van der Waals surface area (Å²) in [6.45, 7) is 8.22. The van der Waals surface area contributed by atoms with Crippen LogP contribution in [0.4, 0.5) is 0 Å². The first-order valence-electron chi connectivity index (χ1n) is 6.97. The molecule has 3 atom stereocenters. The van der Waals surface area contributed by atoms with Gasteiger partial charge >= 0.3 is 0 Å². The van der Waals surface area contributed by atoms with Crippen molar-refractivity contribution in [2.75, 3.05) is 6.54 Å². The third-order valence-corrected chi connectivity index (χ3v) is 3.95. The summed E-state index contributed by atoms with van der Waals surface area (Å²) in [6.07, 6.45) is 2.61. The molecule has 1 saturated heterocycles. The van der Waals surface area contributed by atoms with Crippen molar-refractivity contribution in [3.8, 4) is 0 Å². The van der Waals surface area contributed by atoms with Crippen molar-refractivity contribution in [3.63, 3.8) is 0 Å². The molecule has 0 aliphatic carbocycles. The molecule has 1 heterocycles. The van der Waals surface area contributed by atoms with Gasteiger partial charge in [-0.2, -0.15) is 0 Å². The van der Waals surface area contributed by atoms with Crippen LogP contribution in [0, 0.1) is 11.8 Å². The Morgan fingerprint density at radius 2 is 1.88 bits per heavy atom. The van der Waals surface area contributed by atoms with Gasteiger partial charge in [0.2, 0.25) is 0 Å². The fourth-order valence-electron chi connectivity index (χ4n) is 3.29. The van der Waals surface area contributed by atoms with Crippen LogP contribution in [-0.4, -0.2) is 12.6 Å². The third-order valence-electron chi connectivity index (χ3n) is 3.95. The van der Waals surface area contributed by atoms with E-state index in [1.165, 1.54) is 24.9 Å². The lowest BCUT2D eigenvalue weighted by molar-refractivity contribution is 0.330. The first kappa shape index (κ1) is 12.6. The van der Waals surface area contributed by atoms with E-state index in [-0.39, 0.29) is 0 Å². The summed E-state index contributed by atoms with van der Waals surface area (Å²) < 4.78 is 0. The fourth-order valence-corrected chi connectivity index (χ4v) is 3.29. The molecule has 0 saturated carbocycles. The van der Waals surface area contributed by atoms with Crippen molar-refractivity contribution in [1.29, 1.82) is 0 Å². The van der Waals surface area contributed by atoms with Crippen molar-refractivity contribution in [1.82, 2.24) is 5.32 Å². The highest BCUT2D eigenvalue weighted by Gasteiger charge is 2.32. The predicted molar refractivity (Wildman–Crippen MR) is 74.2 cm³/mol. The monoisotopic (exact) mass is 231 g/mol. The summed E-state index contributed by atoms with van der Waals surface area (Å²) in [5.41, 5.74) is 1.51. The number of benzene rings is 1. The Labute approximate surface area is 106 Å². The second kappa shape index (κ2) is 5.68. The molecule has 1 aliphatic rings. The predicted octanol–water partition coefficient (Wildman–Crippen LogP) is 3.81. The maximum absolute atomic E-state index is 3.71. The van der Waals surface area contributed by atoms with E-state index in [2.05, 4.69) is 56.4 Å². The molecule has 1 nitrogen and oxygen atoms in total. The van der Waals surface area contributed by atoms with E-state index in [0.717, 1.165) is 11.8 Å². The summed E-state index contributed by atoms with van der Waals surface area (Å²) >= 11 is 0. The number of rotatable bonds is 4. The van der Waals surface area contributed by atoms with Crippen LogP contribution in [0.3, 0.4) is 0 Å². The van der Waals surface area contributed by atoms with Gasteiger partial charge in [0.1, 0.15) is 0 Å². The summed E-state index contributed by atoms with van der Waals surface area (Å²) in [4.78, 5) is 0.